The fourth-order valence-electron chi connectivity index (χ4n) is 2.02. The number of nitrogens with zero attached hydrogens (tertiary/aromatic N) is 3. The van der Waals surface area contributed by atoms with Crippen LogP contribution in [0.2, 0.25) is 0 Å². The molecule has 7 heteroatoms. The summed E-state index contributed by atoms with van der Waals surface area (Å²) in [5.74, 6) is 0.552. The van der Waals surface area contributed by atoms with Crippen molar-refractivity contribution in [3.8, 4) is 5.75 Å². The molecule has 0 aliphatic rings. The van der Waals surface area contributed by atoms with Gasteiger partial charge in [0.1, 0.15) is 18.1 Å². The van der Waals surface area contributed by atoms with Gasteiger partial charge in [0.25, 0.3) is 5.91 Å². The summed E-state index contributed by atoms with van der Waals surface area (Å²) >= 11 is 1.17. The Morgan fingerprint density at radius 2 is 2.04 bits per heavy atom. The first-order valence-corrected chi connectivity index (χ1v) is 8.13. The van der Waals surface area contributed by atoms with E-state index in [1.165, 1.54) is 11.7 Å². The summed E-state index contributed by atoms with van der Waals surface area (Å²) in [6, 6.07) is 10.8. The number of aryl methyl sites for hydroxylation is 1. The third-order valence-corrected chi connectivity index (χ3v) is 4.07. The average Bonchev–Trinajstić information content (AvgIpc) is 3.04. The zero-order valence-electron chi connectivity index (χ0n) is 13.1. The Balaban J connectivity index is 1.53. The Morgan fingerprint density at radius 1 is 1.21 bits per heavy atom. The number of pyridine rings is 1. The molecule has 3 rings (SSSR count). The van der Waals surface area contributed by atoms with Gasteiger partial charge in [0.15, 0.2) is 0 Å². The molecule has 0 unspecified atom stereocenters. The van der Waals surface area contributed by atoms with Gasteiger partial charge in [-0.1, -0.05) is 6.07 Å². The van der Waals surface area contributed by atoms with Gasteiger partial charge in [-0.3, -0.25) is 9.78 Å². The molecular formula is C17H16N4O2S. The number of amides is 1. The predicted octanol–water partition coefficient (Wildman–Crippen LogP) is 2.75. The van der Waals surface area contributed by atoms with Gasteiger partial charge in [0.2, 0.25) is 0 Å². The van der Waals surface area contributed by atoms with E-state index in [1.807, 2.05) is 19.1 Å². The highest BCUT2D eigenvalue weighted by Gasteiger charge is 2.07. The number of ether oxygens (including phenoxy) is 1. The van der Waals surface area contributed by atoms with Crippen LogP contribution in [0, 0.1) is 6.92 Å². The number of hydrogen-bond acceptors (Lipinski definition) is 6. The summed E-state index contributed by atoms with van der Waals surface area (Å²) in [6.45, 7) is 2.72. The van der Waals surface area contributed by atoms with E-state index in [2.05, 4.69) is 19.0 Å². The third-order valence-electron chi connectivity index (χ3n) is 3.41. The summed E-state index contributed by atoms with van der Waals surface area (Å²) in [7, 11) is 0. The lowest BCUT2D eigenvalue weighted by Crippen LogP contribution is -2.22. The number of hydrogen-bond donors (Lipinski definition) is 1. The van der Waals surface area contributed by atoms with E-state index in [4.69, 9.17) is 4.74 Å². The maximum atomic E-state index is 12.1. The Kier molecular flexibility index (Phi) is 5.12. The van der Waals surface area contributed by atoms with Gasteiger partial charge in [-0.2, -0.15) is 8.75 Å². The fourth-order valence-corrected chi connectivity index (χ4v) is 2.57. The minimum Gasteiger partial charge on any atom is -0.487 e. The Labute approximate surface area is 143 Å². The molecule has 0 aliphatic carbocycles. The monoisotopic (exact) mass is 340 g/mol. The molecule has 0 bridgehead atoms. The van der Waals surface area contributed by atoms with Crippen LogP contribution in [0.5, 0.6) is 5.75 Å². The van der Waals surface area contributed by atoms with Gasteiger partial charge in [-0.05, 0) is 42.8 Å². The zero-order valence-corrected chi connectivity index (χ0v) is 13.9. The highest BCUT2D eigenvalue weighted by atomic mass is 32.1. The molecule has 0 atom stereocenters. The molecule has 0 spiro atoms. The first-order chi connectivity index (χ1) is 11.7. The van der Waals surface area contributed by atoms with Crippen LogP contribution in [0.3, 0.4) is 0 Å². The van der Waals surface area contributed by atoms with Crippen molar-refractivity contribution in [2.24, 2.45) is 0 Å². The van der Waals surface area contributed by atoms with Gasteiger partial charge in [0, 0.05) is 24.5 Å². The van der Waals surface area contributed by atoms with Crippen molar-refractivity contribution in [2.75, 3.05) is 0 Å². The Morgan fingerprint density at radius 3 is 2.71 bits per heavy atom. The molecule has 1 N–H and O–H groups in total. The molecule has 2 aromatic heterocycles. The Bertz CT molecular complexity index is 803. The highest BCUT2D eigenvalue weighted by molar-refractivity contribution is 6.99. The molecule has 1 aromatic carbocycles. The van der Waals surface area contributed by atoms with Crippen molar-refractivity contribution in [1.29, 1.82) is 0 Å². The first kappa shape index (κ1) is 16.1. The summed E-state index contributed by atoms with van der Waals surface area (Å²) in [4.78, 5) is 16.1. The quantitative estimate of drug-likeness (QED) is 0.746. The van der Waals surface area contributed by atoms with Crippen LogP contribution in [0.25, 0.3) is 0 Å². The van der Waals surface area contributed by atoms with Gasteiger partial charge >= 0.3 is 0 Å². The van der Waals surface area contributed by atoms with E-state index in [0.29, 0.717) is 24.5 Å². The molecule has 0 saturated heterocycles. The van der Waals surface area contributed by atoms with Crippen LogP contribution in [-0.4, -0.2) is 19.6 Å². The van der Waals surface area contributed by atoms with Crippen molar-refractivity contribution in [3.63, 3.8) is 0 Å². The van der Waals surface area contributed by atoms with Crippen molar-refractivity contribution in [3.05, 3.63) is 71.3 Å². The maximum Gasteiger partial charge on any atom is 0.251 e. The SMILES string of the molecule is Cc1nsnc1COc1ccc(C(=O)NCc2cccnc2)cc1. The lowest BCUT2D eigenvalue weighted by Gasteiger charge is -2.07. The third kappa shape index (κ3) is 4.14. The van der Waals surface area contributed by atoms with E-state index < -0.39 is 0 Å². The second-order valence-corrected chi connectivity index (χ2v) is 5.68. The standard InChI is InChI=1S/C17H16N4O2S/c1-12-16(21-24-20-12)11-23-15-6-4-14(5-7-15)17(22)19-10-13-3-2-8-18-9-13/h2-9H,10-11H2,1H3,(H,19,22). The van der Waals surface area contributed by atoms with Crippen molar-refractivity contribution in [2.45, 2.75) is 20.1 Å². The topological polar surface area (TPSA) is 77.0 Å². The average molecular weight is 340 g/mol. The summed E-state index contributed by atoms with van der Waals surface area (Å²) in [5, 5.41) is 2.86. The predicted molar refractivity (Wildman–Crippen MR) is 90.8 cm³/mol. The largest absolute Gasteiger partial charge is 0.487 e. The molecule has 0 fully saturated rings. The zero-order chi connectivity index (χ0) is 16.8. The van der Waals surface area contributed by atoms with Crippen LogP contribution < -0.4 is 10.1 Å². The normalized spacial score (nSPS) is 10.4. The van der Waals surface area contributed by atoms with E-state index in [-0.39, 0.29) is 5.91 Å². The number of rotatable bonds is 6. The number of carbonyl (C=O) groups excluding carboxylic acids is 1. The second kappa shape index (κ2) is 7.65. The first-order valence-electron chi connectivity index (χ1n) is 7.40. The van der Waals surface area contributed by atoms with E-state index in [1.54, 1.807) is 36.7 Å². The maximum absolute atomic E-state index is 12.1. The van der Waals surface area contributed by atoms with Gasteiger partial charge in [-0.25, -0.2) is 0 Å². The van der Waals surface area contributed by atoms with Gasteiger partial charge < -0.3 is 10.1 Å². The number of carbonyl (C=O) groups is 1. The van der Waals surface area contributed by atoms with Crippen molar-refractivity contribution >= 4 is 17.6 Å². The van der Waals surface area contributed by atoms with Gasteiger partial charge in [-0.15, -0.1) is 0 Å². The van der Waals surface area contributed by atoms with Gasteiger partial charge in [0.05, 0.1) is 17.4 Å². The lowest BCUT2D eigenvalue weighted by atomic mass is 10.2. The molecule has 24 heavy (non-hydrogen) atoms. The lowest BCUT2D eigenvalue weighted by molar-refractivity contribution is 0.0951. The molecule has 122 valence electrons. The second-order valence-electron chi connectivity index (χ2n) is 5.15. The summed E-state index contributed by atoms with van der Waals surface area (Å²) < 4.78 is 13.9. The van der Waals surface area contributed by atoms with Crippen LogP contribution in [0.4, 0.5) is 0 Å². The molecule has 2 heterocycles. The van der Waals surface area contributed by atoms with Crippen LogP contribution >= 0.6 is 11.7 Å². The smallest absolute Gasteiger partial charge is 0.251 e. The van der Waals surface area contributed by atoms with Crippen LogP contribution in [-0.2, 0) is 13.2 Å². The molecule has 3 aromatic rings. The van der Waals surface area contributed by atoms with Crippen LogP contribution in [0.15, 0.2) is 48.8 Å². The minimum absolute atomic E-state index is 0.134. The molecule has 0 saturated carbocycles. The summed E-state index contributed by atoms with van der Waals surface area (Å²) in [6.07, 6.45) is 3.43. The highest BCUT2D eigenvalue weighted by Crippen LogP contribution is 2.15. The molecule has 1 amide bonds. The fraction of sp³-hybridized carbons (Fsp3) is 0.176. The van der Waals surface area contributed by atoms with Crippen LogP contribution in [0.1, 0.15) is 27.3 Å². The minimum atomic E-state index is -0.134. The number of benzene rings is 1. The Hall–Kier alpha value is -2.80. The number of aromatic nitrogens is 3. The molecular weight excluding hydrogens is 324 g/mol. The molecule has 0 radical (unpaired) electrons. The molecule has 0 aliphatic heterocycles. The molecule has 6 nitrogen and oxygen atoms in total. The van der Waals surface area contributed by atoms with E-state index in [0.717, 1.165) is 17.0 Å². The van der Waals surface area contributed by atoms with Crippen molar-refractivity contribution in [1.82, 2.24) is 19.0 Å². The summed E-state index contributed by atoms with van der Waals surface area (Å²) in [5.41, 5.74) is 3.25. The van der Waals surface area contributed by atoms with E-state index in [9.17, 15) is 4.79 Å². The number of nitrogens with one attached hydrogen (secondary N) is 1. The van der Waals surface area contributed by atoms with E-state index >= 15 is 0 Å². The van der Waals surface area contributed by atoms with Crippen molar-refractivity contribution < 1.29 is 9.53 Å².